The fourth-order valence-electron chi connectivity index (χ4n) is 2.08. The fourth-order valence-corrected chi connectivity index (χ4v) is 2.08. The van der Waals surface area contributed by atoms with Gasteiger partial charge in [0.1, 0.15) is 5.60 Å². The lowest BCUT2D eigenvalue weighted by Gasteiger charge is -2.36. The molecule has 0 bridgehead atoms. The third kappa shape index (κ3) is 4.00. The molecule has 4 nitrogen and oxygen atoms in total. The number of carbonyl (C=O) groups is 1. The third-order valence-corrected chi connectivity index (χ3v) is 2.84. The van der Waals surface area contributed by atoms with E-state index in [1.807, 2.05) is 20.8 Å². The predicted octanol–water partition coefficient (Wildman–Crippen LogP) is 1.76. The maximum Gasteiger partial charge on any atom is 0.407 e. The molecule has 2 unspecified atom stereocenters. The number of hydrogen-bond acceptors (Lipinski definition) is 3. The van der Waals surface area contributed by atoms with Crippen molar-refractivity contribution in [2.75, 3.05) is 13.1 Å². The van der Waals surface area contributed by atoms with E-state index in [-0.39, 0.29) is 12.1 Å². The van der Waals surface area contributed by atoms with Crippen LogP contribution in [0, 0.1) is 11.8 Å². The molecule has 0 aliphatic carbocycles. The van der Waals surface area contributed by atoms with E-state index in [2.05, 4.69) is 24.5 Å². The molecule has 0 radical (unpaired) electrons. The van der Waals surface area contributed by atoms with Crippen LogP contribution in [0.5, 0.6) is 0 Å². The number of amides is 1. The number of piperidine rings is 1. The van der Waals surface area contributed by atoms with E-state index in [0.717, 1.165) is 13.1 Å². The third-order valence-electron chi connectivity index (χ3n) is 2.84. The number of ether oxygens (including phenoxy) is 1. The molecular weight excluding hydrogens is 204 g/mol. The van der Waals surface area contributed by atoms with Crippen molar-refractivity contribution >= 4 is 6.09 Å². The first-order valence-electron chi connectivity index (χ1n) is 6.00. The van der Waals surface area contributed by atoms with Crippen molar-refractivity contribution in [3.05, 3.63) is 0 Å². The molecule has 2 N–H and O–H groups in total. The summed E-state index contributed by atoms with van der Waals surface area (Å²) in [5.74, 6) is 0.882. The van der Waals surface area contributed by atoms with E-state index in [1.165, 1.54) is 0 Å². The summed E-state index contributed by atoms with van der Waals surface area (Å²) in [4.78, 5) is 11.7. The molecule has 1 saturated heterocycles. The quantitative estimate of drug-likeness (QED) is 0.719. The van der Waals surface area contributed by atoms with Gasteiger partial charge >= 0.3 is 6.09 Å². The summed E-state index contributed by atoms with van der Waals surface area (Å²) in [6.07, 6.45) is -0.307. The summed E-state index contributed by atoms with van der Waals surface area (Å²) in [5.41, 5.74) is -0.427. The molecule has 1 amide bonds. The van der Waals surface area contributed by atoms with E-state index < -0.39 is 5.60 Å². The number of carbonyl (C=O) groups excluding carboxylic acids is 1. The molecule has 1 aliphatic heterocycles. The lowest BCUT2D eigenvalue weighted by Crippen LogP contribution is -2.54. The Hall–Kier alpha value is -0.770. The molecule has 1 fully saturated rings. The van der Waals surface area contributed by atoms with Crippen LogP contribution >= 0.6 is 0 Å². The summed E-state index contributed by atoms with van der Waals surface area (Å²) in [6.45, 7) is 11.8. The van der Waals surface area contributed by atoms with Gasteiger partial charge in [-0.1, -0.05) is 13.8 Å². The minimum Gasteiger partial charge on any atom is -0.444 e. The van der Waals surface area contributed by atoms with Gasteiger partial charge in [-0.15, -0.1) is 0 Å². The zero-order valence-electron chi connectivity index (χ0n) is 11.0. The van der Waals surface area contributed by atoms with Crippen LogP contribution in [0.3, 0.4) is 0 Å². The zero-order valence-corrected chi connectivity index (χ0v) is 11.0. The van der Waals surface area contributed by atoms with Crippen LogP contribution in [0.2, 0.25) is 0 Å². The van der Waals surface area contributed by atoms with Gasteiger partial charge in [-0.25, -0.2) is 4.79 Å². The largest absolute Gasteiger partial charge is 0.444 e. The number of rotatable bonds is 1. The van der Waals surface area contributed by atoms with Crippen LogP contribution in [0.15, 0.2) is 0 Å². The molecule has 16 heavy (non-hydrogen) atoms. The molecule has 0 saturated carbocycles. The average molecular weight is 228 g/mol. The molecule has 4 heteroatoms. The molecule has 0 spiro atoms. The number of nitrogens with one attached hydrogen (secondary N) is 2. The standard InChI is InChI=1S/C12H24N2O2/c1-8-6-13-7-9(2)10(8)14-11(15)16-12(3,4)5/h8-10,13H,6-7H2,1-5H3,(H,14,15). The Kier molecular flexibility index (Phi) is 4.19. The van der Waals surface area contributed by atoms with Crippen LogP contribution in [0.1, 0.15) is 34.6 Å². The van der Waals surface area contributed by atoms with Crippen molar-refractivity contribution in [3.8, 4) is 0 Å². The van der Waals surface area contributed by atoms with Gasteiger partial charge in [0.15, 0.2) is 0 Å². The van der Waals surface area contributed by atoms with Gasteiger partial charge in [0.05, 0.1) is 0 Å². The van der Waals surface area contributed by atoms with Crippen molar-refractivity contribution in [1.82, 2.24) is 10.6 Å². The van der Waals surface area contributed by atoms with Crippen LogP contribution in [-0.4, -0.2) is 30.8 Å². The van der Waals surface area contributed by atoms with E-state index in [0.29, 0.717) is 11.8 Å². The second-order valence-corrected chi connectivity index (χ2v) is 5.78. The minimum absolute atomic E-state index is 0.205. The van der Waals surface area contributed by atoms with Crippen LogP contribution in [0.4, 0.5) is 4.79 Å². The summed E-state index contributed by atoms with van der Waals surface area (Å²) < 4.78 is 5.27. The van der Waals surface area contributed by atoms with Gasteiger partial charge in [-0.05, 0) is 45.7 Å². The van der Waals surface area contributed by atoms with Gasteiger partial charge in [-0.3, -0.25) is 0 Å². The van der Waals surface area contributed by atoms with Gasteiger partial charge in [0.25, 0.3) is 0 Å². The van der Waals surface area contributed by atoms with Crippen molar-refractivity contribution in [2.24, 2.45) is 11.8 Å². The van der Waals surface area contributed by atoms with Crippen molar-refractivity contribution in [3.63, 3.8) is 0 Å². The Balaban J connectivity index is 2.48. The van der Waals surface area contributed by atoms with Crippen molar-refractivity contribution in [1.29, 1.82) is 0 Å². The van der Waals surface area contributed by atoms with Gasteiger partial charge in [0, 0.05) is 6.04 Å². The highest BCUT2D eigenvalue weighted by atomic mass is 16.6. The molecule has 1 heterocycles. The smallest absolute Gasteiger partial charge is 0.407 e. The molecule has 1 rings (SSSR count). The number of hydrogen-bond donors (Lipinski definition) is 2. The average Bonchev–Trinajstić information content (AvgIpc) is 2.08. The van der Waals surface area contributed by atoms with Gasteiger partial charge < -0.3 is 15.4 Å². The SMILES string of the molecule is CC1CNCC(C)C1NC(=O)OC(C)(C)C. The highest BCUT2D eigenvalue weighted by molar-refractivity contribution is 5.68. The molecule has 94 valence electrons. The number of alkyl carbamates (subject to hydrolysis) is 1. The Bertz CT molecular complexity index is 238. The van der Waals surface area contributed by atoms with E-state index >= 15 is 0 Å². The maximum atomic E-state index is 11.7. The first-order chi connectivity index (χ1) is 7.29. The Morgan fingerprint density at radius 1 is 1.25 bits per heavy atom. The maximum absolute atomic E-state index is 11.7. The minimum atomic E-state index is -0.427. The fraction of sp³-hybridized carbons (Fsp3) is 0.917. The summed E-state index contributed by atoms with van der Waals surface area (Å²) in [5, 5.41) is 6.32. The summed E-state index contributed by atoms with van der Waals surface area (Å²) >= 11 is 0. The predicted molar refractivity (Wildman–Crippen MR) is 64.4 cm³/mol. The summed E-state index contributed by atoms with van der Waals surface area (Å²) in [6, 6.07) is 0.205. The van der Waals surface area contributed by atoms with Crippen LogP contribution < -0.4 is 10.6 Å². The molecule has 0 aromatic heterocycles. The Morgan fingerprint density at radius 2 is 1.75 bits per heavy atom. The van der Waals surface area contributed by atoms with Crippen molar-refractivity contribution in [2.45, 2.75) is 46.3 Å². The van der Waals surface area contributed by atoms with Crippen LogP contribution in [-0.2, 0) is 4.74 Å². The molecule has 1 aliphatic rings. The lowest BCUT2D eigenvalue weighted by atomic mass is 9.87. The van der Waals surface area contributed by atoms with Gasteiger partial charge in [-0.2, -0.15) is 0 Å². The Morgan fingerprint density at radius 3 is 2.19 bits per heavy atom. The first kappa shape index (κ1) is 13.3. The molecular formula is C12H24N2O2. The molecule has 0 aromatic carbocycles. The van der Waals surface area contributed by atoms with E-state index in [1.54, 1.807) is 0 Å². The van der Waals surface area contributed by atoms with Crippen molar-refractivity contribution < 1.29 is 9.53 Å². The van der Waals surface area contributed by atoms with E-state index in [9.17, 15) is 4.79 Å². The van der Waals surface area contributed by atoms with Gasteiger partial charge in [0.2, 0.25) is 0 Å². The second-order valence-electron chi connectivity index (χ2n) is 5.78. The molecule has 2 atom stereocenters. The van der Waals surface area contributed by atoms with E-state index in [4.69, 9.17) is 4.74 Å². The summed E-state index contributed by atoms with van der Waals surface area (Å²) in [7, 11) is 0. The molecule has 0 aromatic rings. The normalized spacial score (nSPS) is 30.9. The van der Waals surface area contributed by atoms with Crippen LogP contribution in [0.25, 0.3) is 0 Å². The lowest BCUT2D eigenvalue weighted by molar-refractivity contribution is 0.0451. The highest BCUT2D eigenvalue weighted by Gasteiger charge is 2.30. The first-order valence-corrected chi connectivity index (χ1v) is 6.00. The second kappa shape index (κ2) is 5.04. The topological polar surface area (TPSA) is 50.4 Å². The Labute approximate surface area is 98.1 Å². The highest BCUT2D eigenvalue weighted by Crippen LogP contribution is 2.17. The zero-order chi connectivity index (χ0) is 12.3. The monoisotopic (exact) mass is 228 g/mol.